The monoisotopic (exact) mass is 318 g/mol. The normalized spacial score (nSPS) is 11.5. The molecule has 0 fully saturated rings. The minimum Gasteiger partial charge on any atom is -0.361 e. The van der Waals surface area contributed by atoms with Gasteiger partial charge in [0.2, 0.25) is 0 Å². The fraction of sp³-hybridized carbons (Fsp3) is 0.231. The Morgan fingerprint density at radius 2 is 2.00 bits per heavy atom. The number of anilines is 1. The molecule has 0 saturated heterocycles. The summed E-state index contributed by atoms with van der Waals surface area (Å²) in [4.78, 5) is 13.2. The highest BCUT2D eigenvalue weighted by Gasteiger charge is 2.31. The molecule has 0 aliphatic carbocycles. The zero-order chi connectivity index (χ0) is 15.8. The molecular weight excluding hydrogens is 309 g/mol. The maximum absolute atomic E-state index is 12.6. The number of aryl methyl sites for hydroxylation is 1. The summed E-state index contributed by atoms with van der Waals surface area (Å²) >= 11 is 5.83. The van der Waals surface area contributed by atoms with E-state index in [1.165, 1.54) is 13.1 Å². The molecule has 2 aromatic rings. The molecule has 0 saturated carbocycles. The fourth-order valence-corrected chi connectivity index (χ4v) is 2.01. The molecule has 112 valence electrons. The number of benzene rings is 1. The maximum atomic E-state index is 12.6. The Balaban J connectivity index is 2.31. The van der Waals surface area contributed by atoms with Crippen molar-refractivity contribution in [2.75, 3.05) is 11.9 Å². The van der Waals surface area contributed by atoms with Gasteiger partial charge in [-0.3, -0.25) is 4.79 Å². The highest BCUT2D eigenvalue weighted by atomic mass is 35.5. The Morgan fingerprint density at radius 3 is 2.48 bits per heavy atom. The summed E-state index contributed by atoms with van der Waals surface area (Å²) in [5, 5.41) is 3.38. The predicted octanol–water partition coefficient (Wildman–Crippen LogP) is 3.93. The molecule has 1 aromatic heterocycles. The molecule has 21 heavy (non-hydrogen) atoms. The minimum absolute atomic E-state index is 0.0472. The average Bonchev–Trinajstić information content (AvgIpc) is 2.82. The summed E-state index contributed by atoms with van der Waals surface area (Å²) in [6.07, 6.45) is -4.49. The van der Waals surface area contributed by atoms with Crippen LogP contribution in [0.3, 0.4) is 0 Å². The van der Waals surface area contributed by atoms with Gasteiger partial charge in [-0.15, -0.1) is 0 Å². The quantitative estimate of drug-likeness (QED) is 0.842. The molecule has 0 radical (unpaired) electrons. The molecule has 1 aromatic carbocycles. The highest BCUT2D eigenvalue weighted by Crippen LogP contribution is 2.35. The molecule has 1 amide bonds. The summed E-state index contributed by atoms with van der Waals surface area (Å²) in [5.74, 6) is -0.0845. The molecule has 0 aliphatic rings. The van der Waals surface area contributed by atoms with Gasteiger partial charge < -0.3 is 9.42 Å². The van der Waals surface area contributed by atoms with Gasteiger partial charge >= 0.3 is 6.18 Å². The lowest BCUT2D eigenvalue weighted by Gasteiger charge is -2.18. The Hall–Kier alpha value is -2.02. The summed E-state index contributed by atoms with van der Waals surface area (Å²) in [6.45, 7) is 1.62. The Morgan fingerprint density at radius 1 is 1.33 bits per heavy atom. The third-order valence-electron chi connectivity index (χ3n) is 2.79. The first-order valence-electron chi connectivity index (χ1n) is 5.78. The van der Waals surface area contributed by atoms with Gasteiger partial charge in [0, 0.05) is 13.1 Å². The third-order valence-corrected chi connectivity index (χ3v) is 3.09. The molecule has 2 rings (SSSR count). The number of nitrogens with zero attached hydrogens (tertiary/aromatic N) is 2. The van der Waals surface area contributed by atoms with Crippen LogP contribution in [0.5, 0.6) is 0 Å². The molecule has 8 heteroatoms. The molecule has 0 atom stereocenters. The van der Waals surface area contributed by atoms with Gasteiger partial charge in [-0.1, -0.05) is 16.8 Å². The van der Waals surface area contributed by atoms with E-state index in [4.69, 9.17) is 16.1 Å². The standard InChI is InChI=1S/C13H10ClF3N2O2/c1-7-5-10(18-21-7)12(20)19(2)11-4-3-8(6-9(11)14)13(15,16)17/h3-6H,1-2H3. The van der Waals surface area contributed by atoms with Crippen LogP contribution < -0.4 is 4.90 Å². The number of halogens is 4. The Bertz CT molecular complexity index is 682. The molecule has 0 N–H and O–H groups in total. The van der Waals surface area contributed by atoms with Gasteiger partial charge in [-0.25, -0.2) is 0 Å². The van der Waals surface area contributed by atoms with Gasteiger partial charge in [-0.05, 0) is 25.1 Å². The van der Waals surface area contributed by atoms with Crippen molar-refractivity contribution in [1.82, 2.24) is 5.16 Å². The van der Waals surface area contributed by atoms with Crippen molar-refractivity contribution in [2.24, 2.45) is 0 Å². The van der Waals surface area contributed by atoms with Crippen LogP contribution in [0.15, 0.2) is 28.8 Å². The first kappa shape index (κ1) is 15.4. The number of hydrogen-bond donors (Lipinski definition) is 0. The zero-order valence-electron chi connectivity index (χ0n) is 11.0. The lowest BCUT2D eigenvalue weighted by Crippen LogP contribution is -2.27. The van der Waals surface area contributed by atoms with E-state index in [1.807, 2.05) is 0 Å². The van der Waals surface area contributed by atoms with E-state index in [1.54, 1.807) is 6.92 Å². The molecular formula is C13H10ClF3N2O2. The molecule has 4 nitrogen and oxygen atoms in total. The second-order valence-electron chi connectivity index (χ2n) is 4.35. The SMILES string of the molecule is Cc1cc(C(=O)N(C)c2ccc(C(F)(F)F)cc2Cl)no1. The third kappa shape index (κ3) is 3.18. The largest absolute Gasteiger partial charge is 0.416 e. The fourth-order valence-electron chi connectivity index (χ4n) is 1.70. The first-order chi connectivity index (χ1) is 9.70. The van der Waals surface area contributed by atoms with E-state index < -0.39 is 17.6 Å². The van der Waals surface area contributed by atoms with Crippen molar-refractivity contribution in [3.8, 4) is 0 Å². The summed E-state index contributed by atoms with van der Waals surface area (Å²) in [5.41, 5.74) is -0.685. The Labute approximate surface area is 123 Å². The van der Waals surface area contributed by atoms with Gasteiger partial charge in [-0.2, -0.15) is 13.2 Å². The number of rotatable bonds is 2. The van der Waals surface area contributed by atoms with Gasteiger partial charge in [0.25, 0.3) is 5.91 Å². The van der Waals surface area contributed by atoms with Gasteiger partial charge in [0.1, 0.15) is 5.76 Å². The lowest BCUT2D eigenvalue weighted by molar-refractivity contribution is -0.137. The highest BCUT2D eigenvalue weighted by molar-refractivity contribution is 6.34. The van der Waals surface area contributed by atoms with Gasteiger partial charge in [0.05, 0.1) is 16.3 Å². The van der Waals surface area contributed by atoms with Crippen molar-refractivity contribution in [2.45, 2.75) is 13.1 Å². The predicted molar refractivity (Wildman–Crippen MR) is 70.4 cm³/mol. The number of carbonyl (C=O) groups is 1. The number of aromatic nitrogens is 1. The zero-order valence-corrected chi connectivity index (χ0v) is 11.8. The van der Waals surface area contributed by atoms with E-state index in [9.17, 15) is 18.0 Å². The van der Waals surface area contributed by atoms with Crippen LogP contribution in [0.2, 0.25) is 5.02 Å². The van der Waals surface area contributed by atoms with Crippen molar-refractivity contribution >= 4 is 23.2 Å². The van der Waals surface area contributed by atoms with Crippen LogP contribution in [0, 0.1) is 6.92 Å². The average molecular weight is 319 g/mol. The molecule has 0 bridgehead atoms. The Kier molecular flexibility index (Phi) is 3.95. The summed E-state index contributed by atoms with van der Waals surface area (Å²) in [6, 6.07) is 4.20. The smallest absolute Gasteiger partial charge is 0.361 e. The molecule has 0 unspecified atom stereocenters. The van der Waals surface area contributed by atoms with E-state index in [0.717, 1.165) is 23.1 Å². The number of carbonyl (C=O) groups excluding carboxylic acids is 1. The van der Waals surface area contributed by atoms with Crippen LogP contribution in [-0.2, 0) is 6.18 Å². The molecule has 1 heterocycles. The summed E-state index contributed by atoms with van der Waals surface area (Å²) < 4.78 is 42.5. The van der Waals surface area contributed by atoms with Crippen molar-refractivity contribution in [1.29, 1.82) is 0 Å². The minimum atomic E-state index is -4.49. The molecule has 0 aliphatic heterocycles. The van der Waals surface area contributed by atoms with Crippen LogP contribution in [0.1, 0.15) is 21.8 Å². The van der Waals surface area contributed by atoms with Crippen molar-refractivity contribution in [3.05, 3.63) is 46.3 Å². The van der Waals surface area contributed by atoms with E-state index in [-0.39, 0.29) is 16.4 Å². The maximum Gasteiger partial charge on any atom is 0.416 e. The lowest BCUT2D eigenvalue weighted by atomic mass is 10.2. The summed E-state index contributed by atoms with van der Waals surface area (Å²) in [7, 11) is 1.39. The van der Waals surface area contributed by atoms with Crippen molar-refractivity contribution < 1.29 is 22.5 Å². The number of amides is 1. The van der Waals surface area contributed by atoms with Gasteiger partial charge in [0.15, 0.2) is 5.69 Å². The van der Waals surface area contributed by atoms with Crippen LogP contribution in [0.25, 0.3) is 0 Å². The molecule has 0 spiro atoms. The number of hydrogen-bond acceptors (Lipinski definition) is 3. The van der Waals surface area contributed by atoms with Crippen LogP contribution in [-0.4, -0.2) is 18.1 Å². The second-order valence-corrected chi connectivity index (χ2v) is 4.76. The second kappa shape index (κ2) is 5.40. The van der Waals surface area contributed by atoms with E-state index >= 15 is 0 Å². The van der Waals surface area contributed by atoms with Crippen molar-refractivity contribution in [3.63, 3.8) is 0 Å². The first-order valence-corrected chi connectivity index (χ1v) is 6.16. The van der Waals surface area contributed by atoms with Crippen LogP contribution in [0.4, 0.5) is 18.9 Å². The van der Waals surface area contributed by atoms with Crippen LogP contribution >= 0.6 is 11.6 Å². The topological polar surface area (TPSA) is 46.3 Å². The van der Waals surface area contributed by atoms with E-state index in [2.05, 4.69) is 5.16 Å². The number of alkyl halides is 3. The van der Waals surface area contributed by atoms with E-state index in [0.29, 0.717) is 5.76 Å².